The Bertz CT molecular complexity index is 958. The van der Waals surface area contributed by atoms with E-state index in [1.165, 1.54) is 82.1 Å². The van der Waals surface area contributed by atoms with Crippen molar-refractivity contribution in [3.63, 3.8) is 0 Å². The van der Waals surface area contributed by atoms with Gasteiger partial charge in [0.2, 0.25) is 0 Å². The van der Waals surface area contributed by atoms with Gasteiger partial charge in [0, 0.05) is 14.4 Å². The van der Waals surface area contributed by atoms with Crippen molar-refractivity contribution >= 4 is 8.80 Å². The molecule has 1 aliphatic heterocycles. The highest BCUT2D eigenvalue weighted by atomic mass is 28.3. The van der Waals surface area contributed by atoms with Crippen molar-refractivity contribution in [2.45, 2.75) is 108 Å². The van der Waals surface area contributed by atoms with Crippen LogP contribution in [0.1, 0.15) is 89.0 Å². The molecular weight excluding hydrogens is 492 g/mol. The summed E-state index contributed by atoms with van der Waals surface area (Å²) in [5.41, 5.74) is 1.99. The second-order valence-electron chi connectivity index (χ2n) is 11.3. The van der Waals surface area contributed by atoms with E-state index in [1.807, 2.05) is 6.07 Å². The summed E-state index contributed by atoms with van der Waals surface area (Å²) in [5, 5.41) is 0. The van der Waals surface area contributed by atoms with Gasteiger partial charge in [0.05, 0.1) is 0 Å². The van der Waals surface area contributed by atoms with Gasteiger partial charge in [-0.25, -0.2) is 4.39 Å². The molecule has 1 heterocycles. The van der Waals surface area contributed by atoms with E-state index >= 15 is 0 Å². The Labute approximate surface area is 221 Å². The molecule has 0 N–H and O–H groups in total. The largest absolute Gasteiger partial charge is 0.573 e. The van der Waals surface area contributed by atoms with Gasteiger partial charge >= 0.3 is 6.36 Å². The summed E-state index contributed by atoms with van der Waals surface area (Å²) in [4.78, 5) is 0. The lowest BCUT2D eigenvalue weighted by molar-refractivity contribution is -0.274. The van der Waals surface area contributed by atoms with Gasteiger partial charge in [-0.2, -0.15) is 0 Å². The van der Waals surface area contributed by atoms with Crippen molar-refractivity contribution in [3.8, 4) is 16.9 Å². The standard InChI is InChI=1S/C31H41F4OSi/c1-2-3-4-19-37-20-17-24(18-21-37)6-5-23-7-9-25(10-8-23)27-13-16-29(30(32)22-27)26-11-14-28(15-12-26)36-31(33,34)35/h11-16,22-25H,2-10,17-21H2,1H3. The summed E-state index contributed by atoms with van der Waals surface area (Å²) in [5.74, 6) is 1.53. The van der Waals surface area contributed by atoms with Gasteiger partial charge in [-0.1, -0.05) is 94.3 Å². The highest BCUT2D eigenvalue weighted by Crippen LogP contribution is 2.40. The van der Waals surface area contributed by atoms with Crippen LogP contribution in [0.5, 0.6) is 5.75 Å². The minimum absolute atomic E-state index is 0.0427. The number of hydrogen-bond donors (Lipinski definition) is 0. The van der Waals surface area contributed by atoms with Crippen LogP contribution in [0.15, 0.2) is 42.5 Å². The molecule has 2 aliphatic rings. The van der Waals surface area contributed by atoms with Crippen molar-refractivity contribution in [1.29, 1.82) is 0 Å². The second kappa shape index (κ2) is 13.3. The summed E-state index contributed by atoms with van der Waals surface area (Å²) in [6, 6.07) is 15.4. The van der Waals surface area contributed by atoms with Crippen molar-refractivity contribution in [3.05, 3.63) is 53.8 Å². The normalized spacial score (nSPS) is 21.8. The lowest BCUT2D eigenvalue weighted by atomic mass is 9.76. The van der Waals surface area contributed by atoms with Gasteiger partial charge in [-0.15, -0.1) is 13.2 Å². The van der Waals surface area contributed by atoms with Crippen LogP contribution in [-0.2, 0) is 0 Å². The maximum absolute atomic E-state index is 15.0. The first-order chi connectivity index (χ1) is 17.8. The summed E-state index contributed by atoms with van der Waals surface area (Å²) >= 11 is 0. The average molecular weight is 534 g/mol. The molecule has 1 nitrogen and oxygen atoms in total. The van der Waals surface area contributed by atoms with Gasteiger partial charge in [0.15, 0.2) is 0 Å². The third-order valence-electron chi connectivity index (χ3n) is 8.64. The fourth-order valence-corrected chi connectivity index (χ4v) is 9.49. The summed E-state index contributed by atoms with van der Waals surface area (Å²) < 4.78 is 56.0. The number of alkyl halides is 3. The van der Waals surface area contributed by atoms with Crippen molar-refractivity contribution in [1.82, 2.24) is 0 Å². The number of hydrogen-bond acceptors (Lipinski definition) is 1. The zero-order chi connectivity index (χ0) is 26.3. The smallest absolute Gasteiger partial charge is 0.406 e. The molecule has 1 aliphatic carbocycles. The van der Waals surface area contributed by atoms with E-state index in [2.05, 4.69) is 11.7 Å². The number of halogens is 4. The van der Waals surface area contributed by atoms with Crippen LogP contribution >= 0.6 is 0 Å². The lowest BCUT2D eigenvalue weighted by Gasteiger charge is -2.32. The molecule has 1 radical (unpaired) electrons. The second-order valence-corrected chi connectivity index (χ2v) is 14.3. The molecule has 0 amide bonds. The van der Waals surface area contributed by atoms with E-state index in [9.17, 15) is 17.6 Å². The molecule has 1 saturated carbocycles. The molecule has 0 atom stereocenters. The quantitative estimate of drug-likeness (QED) is 0.168. The Hall–Kier alpha value is -1.82. The van der Waals surface area contributed by atoms with Gasteiger partial charge in [0.25, 0.3) is 0 Å². The first-order valence-electron chi connectivity index (χ1n) is 14.3. The summed E-state index contributed by atoms with van der Waals surface area (Å²) in [6.07, 6.45) is 9.86. The molecule has 1 saturated heterocycles. The van der Waals surface area contributed by atoms with Crippen molar-refractivity contribution in [2.75, 3.05) is 0 Å². The third-order valence-corrected chi connectivity index (χ3v) is 11.7. The van der Waals surface area contributed by atoms with Crippen molar-refractivity contribution in [2.24, 2.45) is 11.8 Å². The van der Waals surface area contributed by atoms with E-state index in [0.29, 0.717) is 17.0 Å². The zero-order valence-electron chi connectivity index (χ0n) is 22.1. The minimum atomic E-state index is -4.73. The SMILES string of the molecule is CCCCC[Si]1CCC(CCC2CCC(c3ccc(-c4ccc(OC(F)(F)F)cc4)c(F)c3)CC2)CC1. The first-order valence-corrected chi connectivity index (χ1v) is 16.4. The molecule has 2 aromatic carbocycles. The number of ether oxygens (including phenoxy) is 1. The number of unbranched alkanes of at least 4 members (excludes halogenated alkanes) is 2. The van der Waals surface area contributed by atoms with Gasteiger partial charge in [-0.05, 0) is 72.8 Å². The van der Waals surface area contributed by atoms with Gasteiger partial charge < -0.3 is 4.74 Å². The Morgan fingerprint density at radius 2 is 1.49 bits per heavy atom. The van der Waals surface area contributed by atoms with E-state index < -0.39 is 6.36 Å². The number of rotatable bonds is 10. The maximum atomic E-state index is 15.0. The van der Waals surface area contributed by atoms with E-state index in [1.54, 1.807) is 30.3 Å². The van der Waals surface area contributed by atoms with E-state index in [-0.39, 0.29) is 20.4 Å². The fourth-order valence-electron chi connectivity index (χ4n) is 6.36. The number of benzene rings is 2. The summed E-state index contributed by atoms with van der Waals surface area (Å²) in [6.45, 7) is 2.29. The van der Waals surface area contributed by atoms with Crippen molar-refractivity contribution < 1.29 is 22.3 Å². The Morgan fingerprint density at radius 1 is 0.838 bits per heavy atom. The molecule has 6 heteroatoms. The van der Waals surface area contributed by atoms with Gasteiger partial charge in [0.1, 0.15) is 11.6 Å². The zero-order valence-corrected chi connectivity index (χ0v) is 23.1. The molecular formula is C31H41F4OSi. The van der Waals surface area contributed by atoms with Crippen LogP contribution < -0.4 is 4.74 Å². The predicted octanol–water partition coefficient (Wildman–Crippen LogP) is 10.5. The topological polar surface area (TPSA) is 9.23 Å². The Balaban J connectivity index is 1.21. The molecule has 0 aromatic heterocycles. The highest BCUT2D eigenvalue weighted by molar-refractivity contribution is 6.58. The molecule has 0 spiro atoms. The van der Waals surface area contributed by atoms with Crippen LogP contribution in [0.25, 0.3) is 11.1 Å². The third kappa shape index (κ3) is 8.59. The van der Waals surface area contributed by atoms with Gasteiger partial charge in [-0.3, -0.25) is 0 Å². The lowest BCUT2D eigenvalue weighted by Crippen LogP contribution is -2.22. The van der Waals surface area contributed by atoms with Crippen LogP contribution in [0.3, 0.4) is 0 Å². The molecule has 0 unspecified atom stereocenters. The van der Waals surface area contributed by atoms with Crippen LogP contribution in [0, 0.1) is 17.7 Å². The maximum Gasteiger partial charge on any atom is 0.573 e. The molecule has 0 bridgehead atoms. The van der Waals surface area contributed by atoms with Crippen LogP contribution in [-0.4, -0.2) is 15.2 Å². The van der Waals surface area contributed by atoms with E-state index in [0.717, 1.165) is 30.2 Å². The Kier molecular flexibility index (Phi) is 10.1. The summed E-state index contributed by atoms with van der Waals surface area (Å²) in [7, 11) is -0.0427. The first kappa shape index (κ1) is 28.2. The molecule has 37 heavy (non-hydrogen) atoms. The predicted molar refractivity (Wildman–Crippen MR) is 145 cm³/mol. The highest BCUT2D eigenvalue weighted by Gasteiger charge is 2.31. The molecule has 4 rings (SSSR count). The van der Waals surface area contributed by atoms with Crippen LogP contribution in [0.2, 0.25) is 18.1 Å². The minimum Gasteiger partial charge on any atom is -0.406 e. The van der Waals surface area contributed by atoms with E-state index in [4.69, 9.17) is 0 Å². The Morgan fingerprint density at radius 3 is 2.08 bits per heavy atom. The molecule has 2 fully saturated rings. The fraction of sp³-hybridized carbons (Fsp3) is 0.613. The average Bonchev–Trinajstić information content (AvgIpc) is 2.88. The monoisotopic (exact) mass is 533 g/mol. The molecule has 2 aromatic rings. The molecule has 203 valence electrons. The van der Waals surface area contributed by atoms with Crippen LogP contribution in [0.4, 0.5) is 17.6 Å².